The van der Waals surface area contributed by atoms with Crippen molar-refractivity contribution in [3.63, 3.8) is 0 Å². The molecule has 0 radical (unpaired) electrons. The zero-order valence-electron chi connectivity index (χ0n) is 10.1. The van der Waals surface area contributed by atoms with Gasteiger partial charge in [-0.2, -0.15) is 0 Å². The van der Waals surface area contributed by atoms with Crippen molar-refractivity contribution in [2.45, 2.75) is 13.0 Å². The van der Waals surface area contributed by atoms with Crippen LogP contribution in [0, 0.1) is 18.6 Å². The summed E-state index contributed by atoms with van der Waals surface area (Å²) in [5, 5.41) is 0.519. The molecule has 1 unspecified atom stereocenters. The number of rotatable bonds is 2. The van der Waals surface area contributed by atoms with Crippen LogP contribution in [0.15, 0.2) is 34.8 Å². The van der Waals surface area contributed by atoms with E-state index in [4.69, 9.17) is 17.3 Å². The third-order valence-corrected chi connectivity index (χ3v) is 3.77. The Morgan fingerprint density at radius 1 is 1.16 bits per heavy atom. The standard InChI is InChI=1S/C14H11BrClF2N/c1-7-2-3-8(4-10(7)16)14(19)13-11(17)5-9(15)6-12(13)18/h2-6,14H,19H2,1H3. The molecule has 0 amide bonds. The molecule has 0 spiro atoms. The van der Waals surface area contributed by atoms with Gasteiger partial charge in [0, 0.05) is 15.1 Å². The Hall–Kier alpha value is -0.970. The Morgan fingerprint density at radius 2 is 1.74 bits per heavy atom. The second-order valence-corrected chi connectivity index (χ2v) is 5.59. The van der Waals surface area contributed by atoms with Crippen LogP contribution < -0.4 is 5.73 Å². The van der Waals surface area contributed by atoms with Crippen LogP contribution in [0.25, 0.3) is 0 Å². The molecule has 0 aliphatic rings. The largest absolute Gasteiger partial charge is 0.320 e. The van der Waals surface area contributed by atoms with Crippen LogP contribution in [-0.2, 0) is 0 Å². The Morgan fingerprint density at radius 3 is 2.26 bits per heavy atom. The highest BCUT2D eigenvalue weighted by Crippen LogP contribution is 2.29. The van der Waals surface area contributed by atoms with Gasteiger partial charge in [-0.3, -0.25) is 0 Å². The predicted molar refractivity (Wildman–Crippen MR) is 76.3 cm³/mol. The van der Waals surface area contributed by atoms with Crippen LogP contribution in [0.5, 0.6) is 0 Å². The molecule has 19 heavy (non-hydrogen) atoms. The number of aryl methyl sites for hydroxylation is 1. The molecule has 0 heterocycles. The first-order chi connectivity index (χ1) is 8.90. The van der Waals surface area contributed by atoms with Gasteiger partial charge in [0.15, 0.2) is 0 Å². The van der Waals surface area contributed by atoms with Gasteiger partial charge >= 0.3 is 0 Å². The average molecular weight is 347 g/mol. The summed E-state index contributed by atoms with van der Waals surface area (Å²) in [6, 6.07) is 6.59. The molecular formula is C14H11BrClF2N. The van der Waals surface area contributed by atoms with Crippen LogP contribution >= 0.6 is 27.5 Å². The maximum Gasteiger partial charge on any atom is 0.132 e. The summed E-state index contributed by atoms with van der Waals surface area (Å²) in [5.41, 5.74) is 7.22. The van der Waals surface area contributed by atoms with Crippen molar-refractivity contribution >= 4 is 27.5 Å². The highest BCUT2D eigenvalue weighted by Gasteiger charge is 2.19. The summed E-state index contributed by atoms with van der Waals surface area (Å²) in [5.74, 6) is -1.37. The van der Waals surface area contributed by atoms with Crippen molar-refractivity contribution in [3.8, 4) is 0 Å². The van der Waals surface area contributed by atoms with Gasteiger partial charge in [-0.1, -0.05) is 39.7 Å². The minimum Gasteiger partial charge on any atom is -0.320 e. The van der Waals surface area contributed by atoms with E-state index in [1.807, 2.05) is 6.92 Å². The molecule has 2 aromatic rings. The van der Waals surface area contributed by atoms with Crippen LogP contribution in [0.4, 0.5) is 8.78 Å². The quantitative estimate of drug-likeness (QED) is 0.835. The van der Waals surface area contributed by atoms with Crippen molar-refractivity contribution in [2.24, 2.45) is 5.73 Å². The summed E-state index contributed by atoms with van der Waals surface area (Å²) in [4.78, 5) is 0. The Labute approximate surface area is 123 Å². The van der Waals surface area contributed by atoms with Gasteiger partial charge < -0.3 is 5.73 Å². The highest BCUT2D eigenvalue weighted by atomic mass is 79.9. The van der Waals surface area contributed by atoms with Crippen molar-refractivity contribution in [1.29, 1.82) is 0 Å². The molecule has 100 valence electrons. The van der Waals surface area contributed by atoms with Crippen molar-refractivity contribution in [3.05, 3.63) is 68.2 Å². The van der Waals surface area contributed by atoms with E-state index in [1.54, 1.807) is 18.2 Å². The van der Waals surface area contributed by atoms with Crippen molar-refractivity contribution < 1.29 is 8.78 Å². The van der Waals surface area contributed by atoms with Crippen molar-refractivity contribution in [1.82, 2.24) is 0 Å². The number of nitrogens with two attached hydrogens (primary N) is 1. The summed E-state index contributed by atoms with van der Waals surface area (Å²) in [6.45, 7) is 1.85. The lowest BCUT2D eigenvalue weighted by atomic mass is 9.98. The van der Waals surface area contributed by atoms with Crippen LogP contribution in [0.3, 0.4) is 0 Å². The fraction of sp³-hybridized carbons (Fsp3) is 0.143. The second-order valence-electron chi connectivity index (χ2n) is 4.27. The average Bonchev–Trinajstić information content (AvgIpc) is 2.31. The minimum atomic E-state index is -0.897. The van der Waals surface area contributed by atoms with Crippen LogP contribution in [0.2, 0.25) is 5.02 Å². The molecule has 2 rings (SSSR count). The lowest BCUT2D eigenvalue weighted by Gasteiger charge is -2.15. The van der Waals surface area contributed by atoms with Gasteiger partial charge in [-0.25, -0.2) is 8.78 Å². The van der Waals surface area contributed by atoms with E-state index in [-0.39, 0.29) is 5.56 Å². The zero-order chi connectivity index (χ0) is 14.2. The summed E-state index contributed by atoms with van der Waals surface area (Å²) in [7, 11) is 0. The van der Waals surface area contributed by atoms with E-state index in [1.165, 1.54) is 12.1 Å². The van der Waals surface area contributed by atoms with Crippen LogP contribution in [-0.4, -0.2) is 0 Å². The highest BCUT2D eigenvalue weighted by molar-refractivity contribution is 9.10. The molecule has 1 nitrogen and oxygen atoms in total. The SMILES string of the molecule is Cc1ccc(C(N)c2c(F)cc(Br)cc2F)cc1Cl. The summed E-state index contributed by atoms with van der Waals surface area (Å²) < 4.78 is 28.0. The lowest BCUT2D eigenvalue weighted by Crippen LogP contribution is -2.15. The molecule has 0 aliphatic carbocycles. The zero-order valence-corrected chi connectivity index (χ0v) is 12.4. The topological polar surface area (TPSA) is 26.0 Å². The number of halogens is 4. The Bertz CT molecular complexity index is 608. The van der Waals surface area contributed by atoms with E-state index < -0.39 is 17.7 Å². The van der Waals surface area contributed by atoms with Gasteiger partial charge in [-0.05, 0) is 36.2 Å². The first-order valence-electron chi connectivity index (χ1n) is 5.56. The van der Waals surface area contributed by atoms with Gasteiger partial charge in [0.1, 0.15) is 11.6 Å². The molecule has 2 aromatic carbocycles. The Balaban J connectivity index is 2.49. The van der Waals surface area contributed by atoms with E-state index in [9.17, 15) is 8.78 Å². The smallest absolute Gasteiger partial charge is 0.132 e. The normalized spacial score (nSPS) is 12.5. The monoisotopic (exact) mass is 345 g/mol. The number of benzene rings is 2. The number of hydrogen-bond acceptors (Lipinski definition) is 1. The molecule has 0 aliphatic heterocycles. The Kier molecular flexibility index (Phi) is 4.23. The third kappa shape index (κ3) is 2.96. The van der Waals surface area contributed by atoms with Crippen molar-refractivity contribution in [2.75, 3.05) is 0 Å². The van der Waals surface area contributed by atoms with Gasteiger partial charge in [0.05, 0.1) is 6.04 Å². The molecule has 2 N–H and O–H groups in total. The second kappa shape index (κ2) is 5.57. The fourth-order valence-electron chi connectivity index (χ4n) is 1.82. The molecular weight excluding hydrogens is 336 g/mol. The van der Waals surface area contributed by atoms with Gasteiger partial charge in [-0.15, -0.1) is 0 Å². The lowest BCUT2D eigenvalue weighted by molar-refractivity contribution is 0.542. The van der Waals surface area contributed by atoms with E-state index in [2.05, 4.69) is 15.9 Å². The first-order valence-corrected chi connectivity index (χ1v) is 6.73. The molecule has 0 aromatic heterocycles. The maximum absolute atomic E-state index is 13.8. The molecule has 0 saturated carbocycles. The van der Waals surface area contributed by atoms with Gasteiger partial charge in [0.2, 0.25) is 0 Å². The maximum atomic E-state index is 13.8. The molecule has 1 atom stereocenters. The first kappa shape index (κ1) is 14.4. The third-order valence-electron chi connectivity index (χ3n) is 2.91. The molecule has 0 saturated heterocycles. The minimum absolute atomic E-state index is 0.164. The van der Waals surface area contributed by atoms with E-state index in [0.29, 0.717) is 15.1 Å². The van der Waals surface area contributed by atoms with Gasteiger partial charge in [0.25, 0.3) is 0 Å². The van der Waals surface area contributed by atoms with Crippen LogP contribution in [0.1, 0.15) is 22.7 Å². The molecule has 0 bridgehead atoms. The predicted octanol–water partition coefficient (Wildman–Crippen LogP) is 4.74. The van der Waals surface area contributed by atoms with E-state index >= 15 is 0 Å². The molecule has 0 fully saturated rings. The molecule has 5 heteroatoms. The number of hydrogen-bond donors (Lipinski definition) is 1. The summed E-state index contributed by atoms with van der Waals surface area (Å²) >= 11 is 9.03. The summed E-state index contributed by atoms with van der Waals surface area (Å²) in [6.07, 6.45) is 0. The van der Waals surface area contributed by atoms with E-state index in [0.717, 1.165) is 5.56 Å². The fourth-order valence-corrected chi connectivity index (χ4v) is 2.41.